The summed E-state index contributed by atoms with van der Waals surface area (Å²) in [6.45, 7) is 1.04. The molecule has 6 heteroatoms. The molecule has 4 nitrogen and oxygen atoms in total. The third kappa shape index (κ3) is 1.70. The highest BCUT2D eigenvalue weighted by Gasteiger charge is 2.23. The van der Waals surface area contributed by atoms with Gasteiger partial charge in [0.1, 0.15) is 5.00 Å². The van der Waals surface area contributed by atoms with Gasteiger partial charge in [-0.25, -0.2) is 4.79 Å². The van der Waals surface area contributed by atoms with Gasteiger partial charge >= 0.3 is 5.97 Å². The quantitative estimate of drug-likeness (QED) is 0.774. The van der Waals surface area contributed by atoms with Crippen LogP contribution in [0.25, 0.3) is 0 Å². The Labute approximate surface area is 91.1 Å². The summed E-state index contributed by atoms with van der Waals surface area (Å²) in [6.07, 6.45) is 0.775. The number of anilines is 1. The molecule has 0 bridgehead atoms. The Morgan fingerprint density at radius 3 is 2.93 bits per heavy atom. The maximum absolute atomic E-state index is 10.8. The van der Waals surface area contributed by atoms with Crippen molar-refractivity contribution in [2.75, 3.05) is 12.3 Å². The van der Waals surface area contributed by atoms with Gasteiger partial charge in [-0.1, -0.05) is 0 Å². The zero-order valence-corrected chi connectivity index (χ0v) is 8.91. The van der Waals surface area contributed by atoms with Crippen LogP contribution in [-0.2, 0) is 17.8 Å². The summed E-state index contributed by atoms with van der Waals surface area (Å²) < 4.78 is 5.19. The van der Waals surface area contributed by atoms with Gasteiger partial charge in [0.2, 0.25) is 0 Å². The second-order valence-electron chi connectivity index (χ2n) is 2.85. The van der Waals surface area contributed by atoms with E-state index in [9.17, 15) is 4.79 Å². The largest absolute Gasteiger partial charge is 0.478 e. The van der Waals surface area contributed by atoms with Crippen LogP contribution < -0.4 is 5.73 Å². The molecular weight excluding hydrogens is 226 g/mol. The van der Waals surface area contributed by atoms with Crippen LogP contribution in [0.5, 0.6) is 0 Å². The first-order valence-electron chi connectivity index (χ1n) is 3.91. The minimum Gasteiger partial charge on any atom is -0.478 e. The van der Waals surface area contributed by atoms with Gasteiger partial charge in [-0.3, -0.25) is 0 Å². The molecule has 0 saturated carbocycles. The number of hydrogen-bond acceptors (Lipinski definition) is 4. The number of rotatable bonds is 1. The van der Waals surface area contributed by atoms with Crippen molar-refractivity contribution < 1.29 is 14.6 Å². The molecule has 1 aromatic rings. The molecule has 0 amide bonds. The van der Waals surface area contributed by atoms with Crippen molar-refractivity contribution in [2.24, 2.45) is 0 Å². The van der Waals surface area contributed by atoms with Crippen LogP contribution in [0.3, 0.4) is 0 Å². The number of aromatic carboxylic acids is 1. The smallest absolute Gasteiger partial charge is 0.339 e. The number of fused-ring (bicyclic) bond motifs is 1. The van der Waals surface area contributed by atoms with E-state index in [0.717, 1.165) is 16.9 Å². The predicted octanol–water partition coefficient (Wildman–Crippen LogP) is 1.52. The van der Waals surface area contributed by atoms with Crippen molar-refractivity contribution in [3.05, 3.63) is 16.0 Å². The van der Waals surface area contributed by atoms with Crippen molar-refractivity contribution >= 4 is 34.7 Å². The predicted molar refractivity (Wildman–Crippen MR) is 56.3 cm³/mol. The lowest BCUT2D eigenvalue weighted by Crippen LogP contribution is -2.11. The molecule has 0 radical (unpaired) electrons. The van der Waals surface area contributed by atoms with Gasteiger partial charge in [0.05, 0.1) is 18.8 Å². The molecule has 0 atom stereocenters. The Morgan fingerprint density at radius 1 is 1.57 bits per heavy atom. The third-order valence-electron chi connectivity index (χ3n) is 2.05. The number of nitrogen functional groups attached to an aromatic ring is 1. The molecule has 0 spiro atoms. The minimum absolute atomic E-state index is 0. The van der Waals surface area contributed by atoms with Crippen LogP contribution >= 0.6 is 23.7 Å². The highest BCUT2D eigenvalue weighted by Crippen LogP contribution is 2.34. The maximum Gasteiger partial charge on any atom is 0.339 e. The fourth-order valence-electron chi connectivity index (χ4n) is 1.46. The summed E-state index contributed by atoms with van der Waals surface area (Å²) >= 11 is 1.36. The second-order valence-corrected chi connectivity index (χ2v) is 3.99. The number of nitrogens with two attached hydrogens (primary N) is 1. The van der Waals surface area contributed by atoms with E-state index in [0.29, 0.717) is 18.2 Å². The number of hydrogen-bond donors (Lipinski definition) is 2. The monoisotopic (exact) mass is 235 g/mol. The molecule has 0 fully saturated rings. The molecule has 0 saturated heterocycles. The zero-order chi connectivity index (χ0) is 9.42. The number of ether oxygens (including phenoxy) is 1. The minimum atomic E-state index is -0.958. The van der Waals surface area contributed by atoms with Gasteiger partial charge in [0.25, 0.3) is 0 Å². The van der Waals surface area contributed by atoms with E-state index in [-0.39, 0.29) is 18.0 Å². The first-order valence-corrected chi connectivity index (χ1v) is 4.73. The van der Waals surface area contributed by atoms with Crippen LogP contribution in [-0.4, -0.2) is 17.7 Å². The van der Waals surface area contributed by atoms with Crippen molar-refractivity contribution in [1.82, 2.24) is 0 Å². The van der Waals surface area contributed by atoms with E-state index in [4.69, 9.17) is 15.6 Å². The normalized spacial score (nSPS) is 14.3. The number of carbonyl (C=O) groups is 1. The second kappa shape index (κ2) is 4.16. The Kier molecular flexibility index (Phi) is 3.36. The van der Waals surface area contributed by atoms with E-state index in [1.165, 1.54) is 11.3 Å². The van der Waals surface area contributed by atoms with Crippen LogP contribution in [0, 0.1) is 0 Å². The standard InChI is InChI=1S/C8H9NO3S.ClH/c9-7-6(8(10)11)4-3-12-2-1-5(4)13-7;/h1-3,9H2,(H,10,11);1H. The number of thiophene rings is 1. The van der Waals surface area contributed by atoms with Crippen LogP contribution in [0.1, 0.15) is 20.8 Å². The molecular formula is C8H10ClNO3S. The molecule has 0 aliphatic carbocycles. The van der Waals surface area contributed by atoms with Crippen molar-refractivity contribution in [3.8, 4) is 0 Å². The molecule has 2 rings (SSSR count). The lowest BCUT2D eigenvalue weighted by molar-refractivity contribution is 0.0685. The van der Waals surface area contributed by atoms with Crippen molar-refractivity contribution in [1.29, 1.82) is 0 Å². The third-order valence-corrected chi connectivity index (χ3v) is 3.17. The summed E-state index contributed by atoms with van der Waals surface area (Å²) in [4.78, 5) is 11.9. The van der Waals surface area contributed by atoms with Crippen LogP contribution in [0.15, 0.2) is 0 Å². The summed E-state index contributed by atoms with van der Waals surface area (Å²) in [5.41, 5.74) is 6.61. The number of halogens is 1. The van der Waals surface area contributed by atoms with Crippen LogP contribution in [0.4, 0.5) is 5.00 Å². The molecule has 78 valence electrons. The molecule has 1 aliphatic rings. The van der Waals surface area contributed by atoms with Gasteiger partial charge in [0, 0.05) is 16.9 Å². The van der Waals surface area contributed by atoms with E-state index in [1.807, 2.05) is 0 Å². The first kappa shape index (κ1) is 11.3. The van der Waals surface area contributed by atoms with Crippen molar-refractivity contribution in [3.63, 3.8) is 0 Å². The summed E-state index contributed by atoms with van der Waals surface area (Å²) in [5, 5.41) is 9.27. The van der Waals surface area contributed by atoms with E-state index in [1.54, 1.807) is 0 Å². The lowest BCUT2D eigenvalue weighted by Gasteiger charge is -2.11. The first-order chi connectivity index (χ1) is 6.20. The molecule has 14 heavy (non-hydrogen) atoms. The van der Waals surface area contributed by atoms with E-state index >= 15 is 0 Å². The zero-order valence-electron chi connectivity index (χ0n) is 7.28. The van der Waals surface area contributed by atoms with E-state index in [2.05, 4.69) is 0 Å². The fraction of sp³-hybridized carbons (Fsp3) is 0.375. The molecule has 0 unspecified atom stereocenters. The summed E-state index contributed by atoms with van der Waals surface area (Å²) in [7, 11) is 0. The topological polar surface area (TPSA) is 72.6 Å². The summed E-state index contributed by atoms with van der Waals surface area (Å²) in [5.74, 6) is -0.958. The molecule has 0 aromatic carbocycles. The molecule has 3 N–H and O–H groups in total. The van der Waals surface area contributed by atoms with Gasteiger partial charge < -0.3 is 15.6 Å². The van der Waals surface area contributed by atoms with E-state index < -0.39 is 5.97 Å². The molecule has 1 aromatic heterocycles. The average Bonchev–Trinajstić information content (AvgIpc) is 2.39. The lowest BCUT2D eigenvalue weighted by atomic mass is 10.1. The summed E-state index contributed by atoms with van der Waals surface area (Å²) in [6, 6.07) is 0. The fourth-order valence-corrected chi connectivity index (χ4v) is 2.51. The molecule has 1 aliphatic heterocycles. The maximum atomic E-state index is 10.8. The van der Waals surface area contributed by atoms with Gasteiger partial charge in [0.15, 0.2) is 0 Å². The molecule has 2 heterocycles. The highest BCUT2D eigenvalue weighted by molar-refractivity contribution is 7.16. The van der Waals surface area contributed by atoms with Gasteiger partial charge in [-0.2, -0.15) is 0 Å². The highest BCUT2D eigenvalue weighted by atomic mass is 35.5. The Balaban J connectivity index is 0.000000980. The van der Waals surface area contributed by atoms with Crippen molar-refractivity contribution in [2.45, 2.75) is 13.0 Å². The Morgan fingerprint density at radius 2 is 2.29 bits per heavy atom. The van der Waals surface area contributed by atoms with Gasteiger partial charge in [-0.05, 0) is 0 Å². The van der Waals surface area contributed by atoms with Crippen LogP contribution in [0.2, 0.25) is 0 Å². The Bertz CT molecular complexity index is 364. The Hall–Kier alpha value is -0.780. The number of carboxylic acid groups (broad SMARTS) is 1. The number of carboxylic acids is 1. The van der Waals surface area contributed by atoms with Gasteiger partial charge in [-0.15, -0.1) is 23.7 Å². The SMILES string of the molecule is Cl.Nc1sc2c(c1C(=O)O)COCC2. The average molecular weight is 236 g/mol.